The number of rotatable bonds is 7. The molecule has 0 aliphatic carbocycles. The minimum atomic E-state index is -0.597. The van der Waals surface area contributed by atoms with E-state index in [9.17, 15) is 14.4 Å². The van der Waals surface area contributed by atoms with Crippen molar-refractivity contribution in [3.05, 3.63) is 46.2 Å². The Morgan fingerprint density at radius 3 is 2.44 bits per heavy atom. The highest BCUT2D eigenvalue weighted by molar-refractivity contribution is 6.03. The van der Waals surface area contributed by atoms with Gasteiger partial charge in [-0.3, -0.25) is 14.5 Å². The van der Waals surface area contributed by atoms with E-state index in [0.717, 1.165) is 16.7 Å². The Kier molecular flexibility index (Phi) is 6.96. The first-order valence-corrected chi connectivity index (χ1v) is 11.5. The third kappa shape index (κ3) is 4.38. The second-order valence-corrected chi connectivity index (χ2v) is 9.61. The summed E-state index contributed by atoms with van der Waals surface area (Å²) >= 11 is 0. The highest BCUT2D eigenvalue weighted by atomic mass is 16.2. The Morgan fingerprint density at radius 2 is 1.88 bits per heavy atom. The normalized spacial score (nSPS) is 19.6. The predicted octanol–water partition coefficient (Wildman–Crippen LogP) is 3.28. The topological polar surface area (TPSA) is 81.8 Å². The van der Waals surface area contributed by atoms with Crippen LogP contribution in [0.3, 0.4) is 0 Å². The standard InChI is InChI=1S/C25H36N4O3/c1-8-28-19-13-29(22(15(4)5)23(30)26-12-14(2)3)24(31)20(19)21(27-25(28)32)18-10-9-16(6)11-17(18)7/h9-11,14-15,21-22H,8,12-13H2,1-7H3,(H,26,30)(H,27,32)/t21-,22-/m0/s1. The van der Waals surface area contributed by atoms with Crippen LogP contribution in [0, 0.1) is 25.7 Å². The highest BCUT2D eigenvalue weighted by Crippen LogP contribution is 2.38. The molecular weight excluding hydrogens is 404 g/mol. The molecule has 0 saturated heterocycles. The van der Waals surface area contributed by atoms with Crippen LogP contribution in [0.5, 0.6) is 0 Å². The van der Waals surface area contributed by atoms with E-state index in [1.807, 2.05) is 60.6 Å². The smallest absolute Gasteiger partial charge is 0.322 e. The van der Waals surface area contributed by atoms with E-state index in [0.29, 0.717) is 30.3 Å². The molecule has 2 atom stereocenters. The minimum Gasteiger partial charge on any atom is -0.354 e. The van der Waals surface area contributed by atoms with Crippen LogP contribution in [0.4, 0.5) is 4.79 Å². The molecule has 2 aliphatic heterocycles. The van der Waals surface area contributed by atoms with Gasteiger partial charge in [-0.05, 0) is 43.7 Å². The molecule has 0 bridgehead atoms. The van der Waals surface area contributed by atoms with Crippen molar-refractivity contribution in [3.63, 3.8) is 0 Å². The minimum absolute atomic E-state index is 0.0641. The first-order valence-electron chi connectivity index (χ1n) is 11.5. The average Bonchev–Trinajstić information content (AvgIpc) is 3.02. The van der Waals surface area contributed by atoms with Gasteiger partial charge >= 0.3 is 6.03 Å². The van der Waals surface area contributed by atoms with Gasteiger partial charge in [-0.15, -0.1) is 0 Å². The zero-order valence-corrected chi connectivity index (χ0v) is 20.3. The Labute approximate surface area is 191 Å². The number of amides is 4. The van der Waals surface area contributed by atoms with Gasteiger partial charge in [0.05, 0.1) is 23.9 Å². The van der Waals surface area contributed by atoms with Gasteiger partial charge in [0.2, 0.25) is 5.91 Å². The molecule has 7 nitrogen and oxygen atoms in total. The van der Waals surface area contributed by atoms with E-state index in [1.54, 1.807) is 9.80 Å². The third-order valence-electron chi connectivity index (χ3n) is 6.22. The summed E-state index contributed by atoms with van der Waals surface area (Å²) in [7, 11) is 0. The Hall–Kier alpha value is -2.83. The van der Waals surface area contributed by atoms with Crippen LogP contribution < -0.4 is 10.6 Å². The van der Waals surface area contributed by atoms with Gasteiger partial charge in [0.15, 0.2) is 0 Å². The molecule has 2 N–H and O–H groups in total. The fourth-order valence-corrected chi connectivity index (χ4v) is 4.67. The Morgan fingerprint density at radius 1 is 1.19 bits per heavy atom. The molecule has 174 valence electrons. The van der Waals surface area contributed by atoms with E-state index in [2.05, 4.69) is 16.7 Å². The first-order chi connectivity index (χ1) is 15.1. The van der Waals surface area contributed by atoms with Crippen LogP contribution in [0.15, 0.2) is 29.5 Å². The van der Waals surface area contributed by atoms with Gasteiger partial charge < -0.3 is 15.5 Å². The molecule has 1 aromatic carbocycles. The summed E-state index contributed by atoms with van der Waals surface area (Å²) in [4.78, 5) is 43.0. The quantitative estimate of drug-likeness (QED) is 0.683. The molecule has 7 heteroatoms. The number of nitrogens with one attached hydrogen (secondary N) is 2. The van der Waals surface area contributed by atoms with Crippen LogP contribution in [0.2, 0.25) is 0 Å². The van der Waals surface area contributed by atoms with Gasteiger partial charge in [0.1, 0.15) is 6.04 Å². The second kappa shape index (κ2) is 9.35. The van der Waals surface area contributed by atoms with Crippen molar-refractivity contribution in [1.82, 2.24) is 20.4 Å². The van der Waals surface area contributed by atoms with Crippen molar-refractivity contribution in [2.75, 3.05) is 19.6 Å². The molecule has 1 aromatic rings. The van der Waals surface area contributed by atoms with Crippen molar-refractivity contribution in [2.45, 2.75) is 60.5 Å². The van der Waals surface area contributed by atoms with Gasteiger partial charge in [0, 0.05) is 13.1 Å². The van der Waals surface area contributed by atoms with E-state index < -0.39 is 12.1 Å². The second-order valence-electron chi connectivity index (χ2n) is 9.61. The average molecular weight is 441 g/mol. The summed E-state index contributed by atoms with van der Waals surface area (Å²) in [5.41, 5.74) is 4.33. The fourth-order valence-electron chi connectivity index (χ4n) is 4.67. The van der Waals surface area contributed by atoms with E-state index in [4.69, 9.17) is 0 Å². The zero-order chi connectivity index (χ0) is 23.7. The number of nitrogens with zero attached hydrogens (tertiary/aromatic N) is 2. The molecule has 32 heavy (non-hydrogen) atoms. The Bertz CT molecular complexity index is 951. The van der Waals surface area contributed by atoms with Crippen LogP contribution in [0.1, 0.15) is 57.4 Å². The van der Waals surface area contributed by atoms with Crippen molar-refractivity contribution < 1.29 is 14.4 Å². The number of urea groups is 1. The molecular formula is C25H36N4O3. The number of aryl methyl sites for hydroxylation is 2. The lowest BCUT2D eigenvalue weighted by Gasteiger charge is -2.33. The summed E-state index contributed by atoms with van der Waals surface area (Å²) in [6.07, 6.45) is 0. The lowest BCUT2D eigenvalue weighted by atomic mass is 9.91. The van der Waals surface area contributed by atoms with Gasteiger partial charge in [0.25, 0.3) is 5.91 Å². The lowest BCUT2D eigenvalue weighted by molar-refractivity contribution is -0.138. The summed E-state index contributed by atoms with van der Waals surface area (Å²) in [6, 6.07) is 4.70. The molecule has 3 rings (SSSR count). The van der Waals surface area contributed by atoms with Gasteiger partial charge in [-0.1, -0.05) is 51.5 Å². The maximum atomic E-state index is 13.8. The van der Waals surface area contributed by atoms with Crippen molar-refractivity contribution in [2.24, 2.45) is 11.8 Å². The summed E-state index contributed by atoms with van der Waals surface area (Å²) in [5.74, 6) is -0.0708. The van der Waals surface area contributed by atoms with E-state index >= 15 is 0 Å². The third-order valence-corrected chi connectivity index (χ3v) is 6.22. The fraction of sp³-hybridized carbons (Fsp3) is 0.560. The maximum absolute atomic E-state index is 13.8. The van der Waals surface area contributed by atoms with Crippen molar-refractivity contribution in [1.29, 1.82) is 0 Å². The molecule has 0 saturated carbocycles. The van der Waals surface area contributed by atoms with E-state index in [-0.39, 0.29) is 30.3 Å². The molecule has 4 amide bonds. The summed E-state index contributed by atoms with van der Waals surface area (Å²) in [6.45, 7) is 15.2. The summed E-state index contributed by atoms with van der Waals surface area (Å²) in [5, 5.41) is 6.02. The number of hydrogen-bond acceptors (Lipinski definition) is 3. The van der Waals surface area contributed by atoms with Crippen LogP contribution in [-0.4, -0.2) is 53.3 Å². The van der Waals surface area contributed by atoms with Gasteiger partial charge in [-0.25, -0.2) is 4.79 Å². The highest BCUT2D eigenvalue weighted by Gasteiger charge is 2.47. The van der Waals surface area contributed by atoms with Crippen LogP contribution >= 0.6 is 0 Å². The number of carbonyl (C=O) groups excluding carboxylic acids is 3. The largest absolute Gasteiger partial charge is 0.354 e. The molecule has 0 fully saturated rings. The van der Waals surface area contributed by atoms with Crippen LogP contribution in [-0.2, 0) is 9.59 Å². The lowest BCUT2D eigenvalue weighted by Crippen LogP contribution is -2.52. The van der Waals surface area contributed by atoms with Crippen LogP contribution in [0.25, 0.3) is 0 Å². The molecule has 0 radical (unpaired) electrons. The first kappa shape index (κ1) is 23.8. The molecule has 2 aliphatic rings. The molecule has 0 spiro atoms. The molecule has 2 heterocycles. The Balaban J connectivity index is 2.01. The predicted molar refractivity (Wildman–Crippen MR) is 125 cm³/mol. The van der Waals surface area contributed by atoms with Crippen molar-refractivity contribution >= 4 is 17.8 Å². The molecule has 0 unspecified atom stereocenters. The SMILES string of the molecule is CCN1C(=O)N[C@@H](c2ccc(C)cc2C)C2=C1CN([C@H](C(=O)NCC(C)C)C(C)C)C2=O. The monoisotopic (exact) mass is 440 g/mol. The number of hydrogen-bond donors (Lipinski definition) is 2. The van der Waals surface area contributed by atoms with E-state index in [1.165, 1.54) is 0 Å². The number of likely N-dealkylation sites (N-methyl/N-ethyl adjacent to an activating group) is 1. The number of carbonyl (C=O) groups is 3. The maximum Gasteiger partial charge on any atom is 0.322 e. The molecule has 0 aromatic heterocycles. The number of benzene rings is 1. The van der Waals surface area contributed by atoms with Gasteiger partial charge in [-0.2, -0.15) is 0 Å². The summed E-state index contributed by atoms with van der Waals surface area (Å²) < 4.78 is 0. The zero-order valence-electron chi connectivity index (χ0n) is 20.3. The van der Waals surface area contributed by atoms with Crippen molar-refractivity contribution in [3.8, 4) is 0 Å².